The van der Waals surface area contributed by atoms with Crippen molar-refractivity contribution in [3.63, 3.8) is 0 Å². The Morgan fingerprint density at radius 1 is 0.741 bits per heavy atom. The number of nitrogens with zero attached hydrogens (tertiary/aromatic N) is 4. The number of rotatable bonds is 9. The van der Waals surface area contributed by atoms with Crippen molar-refractivity contribution in [3.05, 3.63) is 124 Å². The summed E-state index contributed by atoms with van der Waals surface area (Å²) in [6.45, 7) is -12.6. The second-order valence-corrected chi connectivity index (χ2v) is 14.5. The third kappa shape index (κ3) is 7.23. The lowest BCUT2D eigenvalue weighted by Gasteiger charge is -2.40. The summed E-state index contributed by atoms with van der Waals surface area (Å²) >= 11 is 0. The molecule has 2 N–H and O–H groups in total. The fraction of sp³-hybridized carbons (Fsp3) is 0.333. The number of benzene rings is 4. The molecular formula is C45H44F3N5O5. The largest absolute Gasteiger partial charge is 0.508 e. The maximum Gasteiger partial charge on any atom is 0.265 e. The number of hydrogen-bond acceptors (Lipinski definition) is 8. The molecule has 4 aliphatic heterocycles. The molecule has 0 aromatic heterocycles. The topological polar surface area (TPSA) is 114 Å². The fourth-order valence-corrected chi connectivity index (χ4v) is 8.05. The van der Waals surface area contributed by atoms with Gasteiger partial charge in [-0.05, 0) is 83.7 Å². The molecule has 3 fully saturated rings. The fourth-order valence-electron chi connectivity index (χ4n) is 8.05. The van der Waals surface area contributed by atoms with Gasteiger partial charge in [0.2, 0.25) is 11.8 Å². The van der Waals surface area contributed by atoms with E-state index in [1.807, 2.05) is 72.0 Å². The highest BCUT2D eigenvalue weighted by atomic mass is 19.2. The summed E-state index contributed by atoms with van der Waals surface area (Å²) in [6.07, 6.45) is 0.567. The molecule has 3 saturated heterocycles. The van der Waals surface area contributed by atoms with Crippen LogP contribution in [0.1, 0.15) is 87.4 Å². The number of hydrogen-bond donors (Lipinski definition) is 2. The van der Waals surface area contributed by atoms with Crippen LogP contribution >= 0.6 is 0 Å². The molecule has 300 valence electrons. The maximum absolute atomic E-state index is 16.6. The van der Waals surface area contributed by atoms with Gasteiger partial charge < -0.3 is 14.9 Å². The van der Waals surface area contributed by atoms with Gasteiger partial charge in [0.25, 0.3) is 11.8 Å². The molecule has 58 heavy (non-hydrogen) atoms. The third-order valence-corrected chi connectivity index (χ3v) is 11.0. The molecular weight excluding hydrogens is 748 g/mol. The van der Waals surface area contributed by atoms with Crippen LogP contribution in [0.2, 0.25) is 0 Å². The second kappa shape index (κ2) is 16.1. The summed E-state index contributed by atoms with van der Waals surface area (Å²) < 4.78 is 120. The number of aromatic hydroxyl groups is 1. The molecule has 8 rings (SSSR count). The van der Waals surface area contributed by atoms with Crippen molar-refractivity contribution in [1.82, 2.24) is 15.1 Å². The van der Waals surface area contributed by atoms with Gasteiger partial charge in [-0.1, -0.05) is 61.5 Å². The Morgan fingerprint density at radius 2 is 1.34 bits per heavy atom. The van der Waals surface area contributed by atoms with Crippen molar-refractivity contribution in [2.24, 2.45) is 5.92 Å². The highest BCUT2D eigenvalue weighted by molar-refractivity contribution is 6.24. The first-order chi connectivity index (χ1) is 31.1. The van der Waals surface area contributed by atoms with Gasteiger partial charge in [0.1, 0.15) is 17.5 Å². The van der Waals surface area contributed by atoms with Crippen LogP contribution in [0.3, 0.4) is 0 Å². The first-order valence-electron chi connectivity index (χ1n) is 23.0. The van der Waals surface area contributed by atoms with E-state index in [4.69, 9.17) is 11.0 Å². The molecule has 0 saturated carbocycles. The average Bonchev–Trinajstić information content (AvgIpc) is 3.54. The van der Waals surface area contributed by atoms with E-state index in [2.05, 4.69) is 11.8 Å². The molecule has 0 spiro atoms. The number of carbonyl (C=O) groups is 4. The average molecular weight is 800 g/mol. The molecule has 4 aromatic rings. The summed E-state index contributed by atoms with van der Waals surface area (Å²) in [6, 6.07) is 23.1. The molecule has 1 atom stereocenters. The minimum Gasteiger partial charge on any atom is -0.508 e. The molecule has 13 heteroatoms. The quantitative estimate of drug-likeness (QED) is 0.111. The van der Waals surface area contributed by atoms with Gasteiger partial charge in [-0.3, -0.25) is 34.3 Å². The smallest absolute Gasteiger partial charge is 0.265 e. The SMILES string of the molecule is [2H]C1([2H])N(CC2CCN(c3ccc(C(=C(CC)c4ccccc4)c4ccc(O)cc4)cc3)CC2)C([2H])([2H])C([2H])([2H])N(c2c(F)c(F)c3c(c2F)C(=O)N(C2CCC(=O)NC2=O)C3=O)C1([2H])[2H]. The van der Waals surface area contributed by atoms with Gasteiger partial charge in [0, 0.05) is 63.2 Å². The Hall–Kier alpha value is -5.95. The number of fused-ring (bicyclic) bond motifs is 1. The van der Waals surface area contributed by atoms with Crippen LogP contribution in [0.5, 0.6) is 5.75 Å². The van der Waals surface area contributed by atoms with Gasteiger partial charge in [0.05, 0.1) is 16.6 Å². The van der Waals surface area contributed by atoms with E-state index in [1.54, 1.807) is 12.1 Å². The summed E-state index contributed by atoms with van der Waals surface area (Å²) in [5.74, 6) is -12.5. The molecule has 4 amide bonds. The van der Waals surface area contributed by atoms with Crippen LogP contribution in [0.4, 0.5) is 24.5 Å². The third-order valence-electron chi connectivity index (χ3n) is 11.0. The minimum atomic E-state index is -3.88. The normalized spacial score (nSPS) is 25.2. The molecule has 4 heterocycles. The van der Waals surface area contributed by atoms with Gasteiger partial charge in [-0.25, -0.2) is 13.2 Å². The van der Waals surface area contributed by atoms with Crippen molar-refractivity contribution in [3.8, 4) is 5.75 Å². The molecule has 1 unspecified atom stereocenters. The van der Waals surface area contributed by atoms with E-state index in [-0.39, 0.29) is 17.1 Å². The standard InChI is InChI=1S/C45H44F3N5O5/c1-2-33(28-6-4-3-5-7-28)36(30-10-14-32(54)15-11-30)29-8-12-31(13-9-29)51-20-18-27(19-21-51)26-50-22-24-52(25-23-50)42-40(47)38-37(39(46)41(42)48)44(57)53(45(38)58)34-16-17-35(55)49-43(34)56/h3-15,27,34,54H,2,16-26H2,1H3,(H,49,55,56)/i22D2,23D2,24D2,25D2. The van der Waals surface area contributed by atoms with E-state index < -0.39 is 114 Å². The van der Waals surface area contributed by atoms with E-state index in [9.17, 15) is 24.3 Å². The number of anilines is 2. The van der Waals surface area contributed by atoms with Crippen LogP contribution in [-0.4, -0.2) is 90.2 Å². The zero-order valence-electron chi connectivity index (χ0n) is 39.3. The van der Waals surface area contributed by atoms with Crippen molar-refractivity contribution < 1.29 is 48.4 Å². The van der Waals surface area contributed by atoms with Gasteiger partial charge in [-0.2, -0.15) is 0 Å². The Kier molecular flexibility index (Phi) is 8.39. The molecule has 4 aromatic carbocycles. The number of amides is 4. The zero-order chi connectivity index (χ0) is 47.8. The summed E-state index contributed by atoms with van der Waals surface area (Å²) in [5.41, 5.74) is 0.890. The van der Waals surface area contributed by atoms with E-state index >= 15 is 13.2 Å². The van der Waals surface area contributed by atoms with Crippen LogP contribution in [0.15, 0.2) is 78.9 Å². The molecule has 4 aliphatic rings. The monoisotopic (exact) mass is 799 g/mol. The van der Waals surface area contributed by atoms with E-state index in [0.717, 1.165) is 39.9 Å². The second-order valence-electron chi connectivity index (χ2n) is 14.5. The van der Waals surface area contributed by atoms with E-state index in [0.29, 0.717) is 30.8 Å². The lowest BCUT2D eigenvalue weighted by Crippen LogP contribution is -2.54. The first-order valence-corrected chi connectivity index (χ1v) is 19.0. The number of phenolic OH excluding ortho intramolecular Hbond substituents is 1. The highest BCUT2D eigenvalue weighted by Gasteiger charge is 2.49. The number of nitrogens with one attached hydrogen (secondary N) is 1. The van der Waals surface area contributed by atoms with Gasteiger partial charge in [0.15, 0.2) is 17.5 Å². The summed E-state index contributed by atoms with van der Waals surface area (Å²) in [4.78, 5) is 53.1. The number of phenols is 1. The predicted molar refractivity (Wildman–Crippen MR) is 214 cm³/mol. The predicted octanol–water partition coefficient (Wildman–Crippen LogP) is 6.62. The van der Waals surface area contributed by atoms with Crippen LogP contribution in [0, 0.1) is 23.4 Å². The maximum atomic E-state index is 16.6. The molecule has 0 bridgehead atoms. The lowest BCUT2D eigenvalue weighted by atomic mass is 9.88. The lowest BCUT2D eigenvalue weighted by molar-refractivity contribution is -0.136. The Labute approximate surface area is 345 Å². The zero-order valence-corrected chi connectivity index (χ0v) is 31.3. The number of allylic oxidation sites excluding steroid dienone is 1. The highest BCUT2D eigenvalue weighted by Crippen LogP contribution is 2.39. The number of piperazine rings is 1. The summed E-state index contributed by atoms with van der Waals surface area (Å²) in [7, 11) is 0. The number of imide groups is 2. The Balaban J connectivity index is 1.04. The van der Waals surface area contributed by atoms with Gasteiger partial charge >= 0.3 is 0 Å². The number of halogens is 3. The first kappa shape index (κ1) is 30.2. The molecule has 10 nitrogen and oxygen atoms in total. The van der Waals surface area contributed by atoms with Crippen LogP contribution in [0.25, 0.3) is 11.1 Å². The summed E-state index contributed by atoms with van der Waals surface area (Å²) in [5, 5.41) is 11.9. The van der Waals surface area contributed by atoms with Crippen molar-refractivity contribution >= 4 is 46.1 Å². The van der Waals surface area contributed by atoms with Crippen LogP contribution in [-0.2, 0) is 9.59 Å². The Morgan fingerprint density at radius 3 is 1.95 bits per heavy atom. The van der Waals surface area contributed by atoms with Crippen molar-refractivity contribution in [1.29, 1.82) is 0 Å². The Bertz CT molecular complexity index is 2640. The molecule has 0 aliphatic carbocycles. The van der Waals surface area contributed by atoms with Crippen molar-refractivity contribution in [2.45, 2.75) is 45.1 Å². The number of piperidine rings is 2. The number of carbonyl (C=O) groups excluding carboxylic acids is 4. The van der Waals surface area contributed by atoms with Gasteiger partial charge in [-0.15, -0.1) is 0 Å². The minimum absolute atomic E-state index is 0.115. The van der Waals surface area contributed by atoms with Crippen molar-refractivity contribution in [2.75, 3.05) is 55.4 Å². The molecule has 0 radical (unpaired) electrons. The van der Waals surface area contributed by atoms with Crippen LogP contribution < -0.4 is 15.1 Å². The van der Waals surface area contributed by atoms with E-state index in [1.165, 1.54) is 0 Å².